The Hall–Kier alpha value is -1.27. The molecule has 2 aliphatic carbocycles. The molecule has 3 atom stereocenters. The van der Waals surface area contributed by atoms with E-state index >= 15 is 0 Å². The molecule has 3 rings (SSSR count). The van der Waals surface area contributed by atoms with E-state index in [0.717, 1.165) is 37.8 Å². The van der Waals surface area contributed by atoms with Gasteiger partial charge < -0.3 is 10.6 Å². The highest BCUT2D eigenvalue weighted by atomic mass is 35.5. The van der Waals surface area contributed by atoms with Crippen LogP contribution in [0.3, 0.4) is 0 Å². The van der Waals surface area contributed by atoms with Gasteiger partial charge >= 0.3 is 6.18 Å². The Labute approximate surface area is 152 Å². The van der Waals surface area contributed by atoms with E-state index in [1.807, 2.05) is 6.92 Å². The summed E-state index contributed by atoms with van der Waals surface area (Å²) in [5.41, 5.74) is 5.78. The van der Waals surface area contributed by atoms with Crippen molar-refractivity contribution in [3.8, 4) is 0 Å². The zero-order valence-electron chi connectivity index (χ0n) is 14.1. The molecule has 1 aromatic rings. The average molecular weight is 377 g/mol. The second-order valence-corrected chi connectivity index (χ2v) is 7.05. The Kier molecular flexibility index (Phi) is 6.05. The number of rotatable bonds is 4. The summed E-state index contributed by atoms with van der Waals surface area (Å²) in [5, 5.41) is 0. The van der Waals surface area contributed by atoms with Crippen LogP contribution in [0, 0.1) is 5.92 Å². The van der Waals surface area contributed by atoms with Gasteiger partial charge in [0.05, 0.1) is 11.6 Å². The summed E-state index contributed by atoms with van der Waals surface area (Å²) in [5.74, 6) is -0.0378. The van der Waals surface area contributed by atoms with Crippen LogP contribution in [0.2, 0.25) is 0 Å². The van der Waals surface area contributed by atoms with E-state index in [2.05, 4.69) is 0 Å². The third-order valence-electron chi connectivity index (χ3n) is 5.13. The summed E-state index contributed by atoms with van der Waals surface area (Å²) < 4.78 is 38.9. The minimum Gasteiger partial charge on any atom is -0.333 e. The van der Waals surface area contributed by atoms with Crippen LogP contribution in [0.1, 0.15) is 56.2 Å². The number of nitrogens with two attached hydrogens (primary N) is 1. The van der Waals surface area contributed by atoms with Crippen LogP contribution in [0.4, 0.5) is 13.2 Å². The molecule has 140 valence electrons. The molecule has 3 unspecified atom stereocenters. The molecular formula is C18H24ClF3N2O. The van der Waals surface area contributed by atoms with E-state index in [1.54, 1.807) is 11.0 Å². The topological polar surface area (TPSA) is 46.3 Å². The summed E-state index contributed by atoms with van der Waals surface area (Å²) >= 11 is 0. The first-order chi connectivity index (χ1) is 11.3. The predicted molar refractivity (Wildman–Crippen MR) is 92.3 cm³/mol. The monoisotopic (exact) mass is 376 g/mol. The van der Waals surface area contributed by atoms with Crippen LogP contribution >= 0.6 is 12.4 Å². The molecule has 1 amide bonds. The third-order valence-corrected chi connectivity index (χ3v) is 5.13. The summed E-state index contributed by atoms with van der Waals surface area (Å²) in [6.45, 7) is 1.82. The molecular weight excluding hydrogens is 353 g/mol. The number of nitrogens with zero attached hydrogens (tertiary/aromatic N) is 1. The van der Waals surface area contributed by atoms with Gasteiger partial charge in [-0.2, -0.15) is 13.2 Å². The molecule has 25 heavy (non-hydrogen) atoms. The van der Waals surface area contributed by atoms with E-state index in [9.17, 15) is 18.0 Å². The Balaban J connectivity index is 0.00000225. The second kappa shape index (κ2) is 7.54. The van der Waals surface area contributed by atoms with Gasteiger partial charge in [-0.1, -0.05) is 12.1 Å². The average Bonchev–Trinajstić information content (AvgIpc) is 3.26. The van der Waals surface area contributed by atoms with Crippen molar-refractivity contribution in [3.63, 3.8) is 0 Å². The molecule has 0 aliphatic heterocycles. The van der Waals surface area contributed by atoms with Gasteiger partial charge in [-0.3, -0.25) is 4.79 Å². The van der Waals surface area contributed by atoms with Gasteiger partial charge in [-0.25, -0.2) is 0 Å². The lowest BCUT2D eigenvalue weighted by Crippen LogP contribution is -2.39. The van der Waals surface area contributed by atoms with Crippen LogP contribution in [0.5, 0.6) is 0 Å². The molecule has 1 aromatic carbocycles. The first kappa shape index (κ1) is 20.0. The molecule has 2 aliphatic rings. The number of benzene rings is 1. The lowest BCUT2D eigenvalue weighted by Gasteiger charge is -2.32. The van der Waals surface area contributed by atoms with E-state index in [-0.39, 0.29) is 42.4 Å². The van der Waals surface area contributed by atoms with E-state index in [1.165, 1.54) is 6.07 Å². The molecule has 0 radical (unpaired) electrons. The van der Waals surface area contributed by atoms with E-state index < -0.39 is 11.7 Å². The highest BCUT2D eigenvalue weighted by Crippen LogP contribution is 2.39. The quantitative estimate of drug-likeness (QED) is 0.851. The molecule has 0 spiro atoms. The lowest BCUT2D eigenvalue weighted by atomic mass is 10.00. The predicted octanol–water partition coefficient (Wildman–Crippen LogP) is 4.31. The zero-order chi connectivity index (χ0) is 17.5. The fourth-order valence-electron chi connectivity index (χ4n) is 3.63. The normalized spacial score (nSPS) is 24.5. The molecule has 0 saturated heterocycles. The number of amides is 1. The standard InChI is InChI=1S/C18H23F3N2O.ClH/c1-11(12-3-2-4-14(9-12)18(19,20)21)23(16-7-8-16)17(24)13-5-6-15(22)10-13;/h2-4,9,11,13,15-16H,5-8,10,22H2,1H3;1H. The summed E-state index contributed by atoms with van der Waals surface area (Å²) in [6.07, 6.45) is -0.229. The third kappa shape index (κ3) is 4.47. The van der Waals surface area contributed by atoms with Crippen molar-refractivity contribution in [3.05, 3.63) is 35.4 Å². The minimum absolute atomic E-state index is 0. The first-order valence-electron chi connectivity index (χ1n) is 8.52. The van der Waals surface area contributed by atoms with Gasteiger partial charge in [0.1, 0.15) is 0 Å². The second-order valence-electron chi connectivity index (χ2n) is 7.05. The maximum atomic E-state index is 13.0. The summed E-state index contributed by atoms with van der Waals surface area (Å²) in [6, 6.07) is 5.16. The largest absolute Gasteiger partial charge is 0.416 e. The highest BCUT2D eigenvalue weighted by molar-refractivity contribution is 5.85. The summed E-state index contributed by atoms with van der Waals surface area (Å²) in [7, 11) is 0. The van der Waals surface area contributed by atoms with Crippen molar-refractivity contribution in [2.24, 2.45) is 11.7 Å². The van der Waals surface area contributed by atoms with Crippen LogP contribution in [0.15, 0.2) is 24.3 Å². The number of hydrogen-bond donors (Lipinski definition) is 1. The van der Waals surface area contributed by atoms with Gasteiger partial charge in [0, 0.05) is 18.0 Å². The molecule has 0 bridgehead atoms. The molecule has 2 fully saturated rings. The number of halogens is 4. The van der Waals surface area contributed by atoms with Crippen LogP contribution in [-0.4, -0.2) is 22.9 Å². The molecule has 7 heteroatoms. The van der Waals surface area contributed by atoms with Crippen LogP contribution in [0.25, 0.3) is 0 Å². The highest BCUT2D eigenvalue weighted by Gasteiger charge is 2.41. The van der Waals surface area contributed by atoms with Gasteiger partial charge in [0.25, 0.3) is 0 Å². The lowest BCUT2D eigenvalue weighted by molar-refractivity contribution is -0.138. The molecule has 3 nitrogen and oxygen atoms in total. The number of carbonyl (C=O) groups is 1. The SMILES string of the molecule is CC(c1cccc(C(F)(F)F)c1)N(C(=O)C1CCC(N)C1)C1CC1.Cl. The van der Waals surface area contributed by atoms with E-state index in [0.29, 0.717) is 12.0 Å². The van der Waals surface area contributed by atoms with Gasteiger partial charge in [0.2, 0.25) is 5.91 Å². The fraction of sp³-hybridized carbons (Fsp3) is 0.611. The molecule has 2 saturated carbocycles. The number of carbonyl (C=O) groups excluding carboxylic acids is 1. The smallest absolute Gasteiger partial charge is 0.333 e. The van der Waals surface area contributed by atoms with Crippen molar-refractivity contribution in [2.45, 2.75) is 63.3 Å². The van der Waals surface area contributed by atoms with E-state index in [4.69, 9.17) is 5.73 Å². The molecule has 0 aromatic heterocycles. The van der Waals surface area contributed by atoms with Crippen molar-refractivity contribution in [1.29, 1.82) is 0 Å². The Morgan fingerprint density at radius 2 is 1.92 bits per heavy atom. The van der Waals surface area contributed by atoms with Gasteiger partial charge in [0.15, 0.2) is 0 Å². The maximum absolute atomic E-state index is 13.0. The number of alkyl halides is 3. The Morgan fingerprint density at radius 1 is 1.24 bits per heavy atom. The van der Waals surface area contributed by atoms with Crippen LogP contribution < -0.4 is 5.73 Å². The minimum atomic E-state index is -4.37. The van der Waals surface area contributed by atoms with Crippen molar-refractivity contribution >= 4 is 18.3 Å². The van der Waals surface area contributed by atoms with Crippen molar-refractivity contribution < 1.29 is 18.0 Å². The van der Waals surface area contributed by atoms with Crippen molar-refractivity contribution in [1.82, 2.24) is 4.90 Å². The Bertz CT molecular complexity index is 619. The first-order valence-corrected chi connectivity index (χ1v) is 8.52. The number of hydrogen-bond acceptors (Lipinski definition) is 2. The summed E-state index contributed by atoms with van der Waals surface area (Å²) in [4.78, 5) is 14.7. The fourth-order valence-corrected chi connectivity index (χ4v) is 3.63. The van der Waals surface area contributed by atoms with Gasteiger partial charge in [-0.05, 0) is 56.7 Å². The zero-order valence-corrected chi connectivity index (χ0v) is 14.9. The Morgan fingerprint density at radius 3 is 2.44 bits per heavy atom. The van der Waals surface area contributed by atoms with Gasteiger partial charge in [-0.15, -0.1) is 12.4 Å². The molecule has 0 heterocycles. The molecule has 2 N–H and O–H groups in total. The maximum Gasteiger partial charge on any atom is 0.416 e. The van der Waals surface area contributed by atoms with Crippen molar-refractivity contribution in [2.75, 3.05) is 0 Å². The van der Waals surface area contributed by atoms with Crippen LogP contribution in [-0.2, 0) is 11.0 Å².